The van der Waals surface area contributed by atoms with E-state index in [0.717, 1.165) is 12.8 Å². The Morgan fingerprint density at radius 3 is 2.24 bits per heavy atom. The highest BCUT2D eigenvalue weighted by atomic mass is 16.3. The summed E-state index contributed by atoms with van der Waals surface area (Å²) in [6, 6.07) is 10.6. The second kappa shape index (κ2) is 6.80. The molecule has 0 amide bonds. The summed E-state index contributed by atoms with van der Waals surface area (Å²) in [7, 11) is 0. The number of aliphatic hydroxyl groups excluding tert-OH is 1. The minimum atomic E-state index is 0.224. The van der Waals surface area contributed by atoms with Gasteiger partial charge < -0.3 is 5.11 Å². The molecule has 1 aromatic carbocycles. The van der Waals surface area contributed by atoms with E-state index in [0.29, 0.717) is 12.5 Å². The van der Waals surface area contributed by atoms with Crippen LogP contribution in [-0.2, 0) is 6.42 Å². The highest BCUT2D eigenvalue weighted by Gasteiger charge is 2.22. The maximum Gasteiger partial charge on any atom is 0.0464 e. The fourth-order valence-corrected chi connectivity index (χ4v) is 2.16. The van der Waals surface area contributed by atoms with Gasteiger partial charge in [-0.1, -0.05) is 57.5 Å². The molecule has 0 saturated heterocycles. The predicted octanol–water partition coefficient (Wildman–Crippen LogP) is 4.05. The van der Waals surface area contributed by atoms with Crippen molar-refractivity contribution in [2.24, 2.45) is 11.3 Å². The predicted molar refractivity (Wildman–Crippen MR) is 74.0 cm³/mol. The van der Waals surface area contributed by atoms with Crippen LogP contribution in [0.25, 0.3) is 0 Å². The van der Waals surface area contributed by atoms with Crippen LogP contribution in [0.15, 0.2) is 30.3 Å². The molecule has 0 saturated carbocycles. The summed E-state index contributed by atoms with van der Waals surface area (Å²) >= 11 is 0. The molecule has 0 fully saturated rings. The molecular weight excluding hydrogens is 208 g/mol. The zero-order chi connectivity index (χ0) is 12.7. The van der Waals surface area contributed by atoms with Gasteiger partial charge in [0.1, 0.15) is 0 Å². The van der Waals surface area contributed by atoms with E-state index in [1.807, 2.05) is 0 Å². The van der Waals surface area contributed by atoms with Gasteiger partial charge in [0, 0.05) is 6.61 Å². The molecule has 1 atom stereocenters. The van der Waals surface area contributed by atoms with Crippen LogP contribution in [0.4, 0.5) is 0 Å². The van der Waals surface area contributed by atoms with Gasteiger partial charge in [-0.15, -0.1) is 0 Å². The van der Waals surface area contributed by atoms with Crippen molar-refractivity contribution in [3.05, 3.63) is 35.9 Å². The lowest BCUT2D eigenvalue weighted by atomic mass is 9.78. The molecule has 96 valence electrons. The third kappa shape index (κ3) is 5.36. The largest absolute Gasteiger partial charge is 0.396 e. The van der Waals surface area contributed by atoms with E-state index in [1.165, 1.54) is 18.4 Å². The molecule has 1 N–H and O–H groups in total. The molecule has 1 unspecified atom stereocenters. The molecule has 0 spiro atoms. The van der Waals surface area contributed by atoms with Crippen LogP contribution in [0.3, 0.4) is 0 Å². The molecule has 1 rings (SSSR count). The Balaban J connectivity index is 2.24. The first-order valence-electron chi connectivity index (χ1n) is 6.69. The van der Waals surface area contributed by atoms with Crippen molar-refractivity contribution in [2.45, 2.75) is 46.5 Å². The van der Waals surface area contributed by atoms with Crippen molar-refractivity contribution in [3.8, 4) is 0 Å². The summed E-state index contributed by atoms with van der Waals surface area (Å²) < 4.78 is 0. The maximum atomic E-state index is 9.38. The van der Waals surface area contributed by atoms with E-state index >= 15 is 0 Å². The molecular formula is C16H26O. The third-order valence-corrected chi connectivity index (χ3v) is 3.56. The quantitative estimate of drug-likeness (QED) is 0.736. The van der Waals surface area contributed by atoms with E-state index in [4.69, 9.17) is 0 Å². The van der Waals surface area contributed by atoms with Crippen LogP contribution >= 0.6 is 0 Å². The summed E-state index contributed by atoms with van der Waals surface area (Å²) in [5.41, 5.74) is 1.64. The number of aliphatic hydroxyl groups is 1. The molecule has 1 heteroatoms. The lowest BCUT2D eigenvalue weighted by Gasteiger charge is -2.29. The summed E-state index contributed by atoms with van der Waals surface area (Å²) in [6.07, 6.45) is 4.71. The Morgan fingerprint density at radius 1 is 1.06 bits per heavy atom. The van der Waals surface area contributed by atoms with Crippen LogP contribution in [0.5, 0.6) is 0 Å². The van der Waals surface area contributed by atoms with E-state index in [9.17, 15) is 5.11 Å². The highest BCUT2D eigenvalue weighted by molar-refractivity contribution is 5.14. The lowest BCUT2D eigenvalue weighted by Crippen LogP contribution is -2.23. The SMILES string of the molecule is CC(C)(C)C(CO)CCCCc1ccccc1. The van der Waals surface area contributed by atoms with Crippen LogP contribution in [-0.4, -0.2) is 11.7 Å². The number of benzene rings is 1. The Bertz CT molecular complexity index is 297. The van der Waals surface area contributed by atoms with E-state index in [2.05, 4.69) is 51.1 Å². The van der Waals surface area contributed by atoms with Crippen LogP contribution < -0.4 is 0 Å². The number of rotatable bonds is 6. The van der Waals surface area contributed by atoms with Gasteiger partial charge in [-0.05, 0) is 36.2 Å². The summed E-state index contributed by atoms with van der Waals surface area (Å²) in [5.74, 6) is 0.429. The number of hydrogen-bond acceptors (Lipinski definition) is 1. The Hall–Kier alpha value is -0.820. The van der Waals surface area contributed by atoms with Crippen LogP contribution in [0.1, 0.15) is 45.6 Å². The number of aryl methyl sites for hydroxylation is 1. The minimum Gasteiger partial charge on any atom is -0.396 e. The van der Waals surface area contributed by atoms with E-state index in [-0.39, 0.29) is 5.41 Å². The fourth-order valence-electron chi connectivity index (χ4n) is 2.16. The normalized spacial score (nSPS) is 13.6. The zero-order valence-electron chi connectivity index (χ0n) is 11.4. The Labute approximate surface area is 106 Å². The van der Waals surface area contributed by atoms with Gasteiger partial charge in [-0.3, -0.25) is 0 Å². The smallest absolute Gasteiger partial charge is 0.0464 e. The van der Waals surface area contributed by atoms with E-state index < -0.39 is 0 Å². The van der Waals surface area contributed by atoms with Crippen molar-refractivity contribution < 1.29 is 5.11 Å². The summed E-state index contributed by atoms with van der Waals surface area (Å²) in [5, 5.41) is 9.38. The van der Waals surface area contributed by atoms with Gasteiger partial charge in [0.05, 0.1) is 0 Å². The lowest BCUT2D eigenvalue weighted by molar-refractivity contribution is 0.121. The van der Waals surface area contributed by atoms with Gasteiger partial charge in [-0.2, -0.15) is 0 Å². The molecule has 0 radical (unpaired) electrons. The Morgan fingerprint density at radius 2 is 1.71 bits per heavy atom. The molecule has 0 aliphatic rings. The molecule has 0 bridgehead atoms. The monoisotopic (exact) mass is 234 g/mol. The van der Waals surface area contributed by atoms with Gasteiger partial charge in [0.15, 0.2) is 0 Å². The van der Waals surface area contributed by atoms with Gasteiger partial charge in [0.25, 0.3) is 0 Å². The molecule has 17 heavy (non-hydrogen) atoms. The summed E-state index contributed by atoms with van der Waals surface area (Å²) in [6.45, 7) is 6.95. The topological polar surface area (TPSA) is 20.2 Å². The molecule has 0 aromatic heterocycles. The molecule has 0 aliphatic heterocycles. The second-order valence-electron chi connectivity index (χ2n) is 5.98. The fraction of sp³-hybridized carbons (Fsp3) is 0.625. The molecule has 1 nitrogen and oxygen atoms in total. The maximum absolute atomic E-state index is 9.38. The van der Waals surface area contributed by atoms with Gasteiger partial charge in [-0.25, -0.2) is 0 Å². The van der Waals surface area contributed by atoms with Crippen molar-refractivity contribution >= 4 is 0 Å². The zero-order valence-corrected chi connectivity index (χ0v) is 11.4. The van der Waals surface area contributed by atoms with Crippen LogP contribution in [0.2, 0.25) is 0 Å². The van der Waals surface area contributed by atoms with Gasteiger partial charge >= 0.3 is 0 Å². The number of unbranched alkanes of at least 4 members (excludes halogenated alkanes) is 1. The van der Waals surface area contributed by atoms with Crippen molar-refractivity contribution in [2.75, 3.05) is 6.61 Å². The van der Waals surface area contributed by atoms with E-state index in [1.54, 1.807) is 0 Å². The second-order valence-corrected chi connectivity index (χ2v) is 5.98. The average Bonchev–Trinajstić information content (AvgIpc) is 2.28. The standard InChI is InChI=1S/C16H26O/c1-16(2,3)15(13-17)12-8-7-11-14-9-5-4-6-10-14/h4-6,9-10,15,17H,7-8,11-13H2,1-3H3. The first-order valence-corrected chi connectivity index (χ1v) is 6.69. The van der Waals surface area contributed by atoms with Crippen molar-refractivity contribution in [3.63, 3.8) is 0 Å². The average molecular weight is 234 g/mol. The Kier molecular flexibility index (Phi) is 5.70. The number of hydrogen-bond donors (Lipinski definition) is 1. The van der Waals surface area contributed by atoms with Crippen molar-refractivity contribution in [1.29, 1.82) is 0 Å². The van der Waals surface area contributed by atoms with Gasteiger partial charge in [0.2, 0.25) is 0 Å². The molecule has 0 heterocycles. The molecule has 1 aromatic rings. The third-order valence-electron chi connectivity index (χ3n) is 3.56. The van der Waals surface area contributed by atoms with Crippen LogP contribution in [0, 0.1) is 11.3 Å². The minimum absolute atomic E-state index is 0.224. The molecule has 0 aliphatic carbocycles. The van der Waals surface area contributed by atoms with Crippen molar-refractivity contribution in [1.82, 2.24) is 0 Å². The first-order chi connectivity index (χ1) is 8.04. The highest BCUT2D eigenvalue weighted by Crippen LogP contribution is 2.29. The summed E-state index contributed by atoms with van der Waals surface area (Å²) in [4.78, 5) is 0. The first kappa shape index (κ1) is 14.2.